The molecular weight excluding hydrogens is 348 g/mol. The van der Waals surface area contributed by atoms with Gasteiger partial charge in [0, 0.05) is 54.9 Å². The van der Waals surface area contributed by atoms with Gasteiger partial charge in [-0.2, -0.15) is 5.10 Å². The normalized spacial score (nSPS) is 17.8. The van der Waals surface area contributed by atoms with Crippen molar-refractivity contribution in [1.29, 1.82) is 0 Å². The van der Waals surface area contributed by atoms with Crippen LogP contribution in [0.2, 0.25) is 0 Å². The molecule has 1 fully saturated rings. The summed E-state index contributed by atoms with van der Waals surface area (Å²) < 4.78 is 1.90. The summed E-state index contributed by atoms with van der Waals surface area (Å²) in [5.74, 6) is 1.30. The molecule has 1 aliphatic heterocycles. The first kappa shape index (κ1) is 17.0. The van der Waals surface area contributed by atoms with Crippen LogP contribution in [0.4, 0.5) is 0 Å². The summed E-state index contributed by atoms with van der Waals surface area (Å²) in [6, 6.07) is 14.2. The highest BCUT2D eigenvalue weighted by molar-refractivity contribution is 5.63. The number of likely N-dealkylation sites (tertiary alicyclic amines) is 1. The second-order valence-electron chi connectivity index (χ2n) is 7.33. The summed E-state index contributed by atoms with van der Waals surface area (Å²) in [7, 11) is 0. The summed E-state index contributed by atoms with van der Waals surface area (Å²) in [5, 5.41) is 4.81. The van der Waals surface area contributed by atoms with Crippen LogP contribution in [0.3, 0.4) is 0 Å². The molecule has 6 heteroatoms. The van der Waals surface area contributed by atoms with Gasteiger partial charge in [-0.15, -0.1) is 0 Å². The smallest absolute Gasteiger partial charge is 0.156 e. The summed E-state index contributed by atoms with van der Waals surface area (Å²) in [6.45, 7) is 2.96. The van der Waals surface area contributed by atoms with Crippen molar-refractivity contribution in [2.24, 2.45) is 0 Å². The molecule has 0 amide bonds. The minimum absolute atomic E-state index is 0.360. The Morgan fingerprint density at radius 2 is 2.00 bits per heavy atom. The van der Waals surface area contributed by atoms with Gasteiger partial charge in [0.1, 0.15) is 0 Å². The third-order valence-corrected chi connectivity index (χ3v) is 5.32. The minimum Gasteiger partial charge on any atom is -0.297 e. The number of hydrogen-bond acceptors (Lipinski definition) is 5. The van der Waals surface area contributed by atoms with Crippen molar-refractivity contribution in [1.82, 2.24) is 29.5 Å². The third-order valence-electron chi connectivity index (χ3n) is 5.32. The quantitative estimate of drug-likeness (QED) is 0.550. The Morgan fingerprint density at radius 1 is 1.00 bits per heavy atom. The Labute approximate surface area is 163 Å². The van der Waals surface area contributed by atoms with Crippen molar-refractivity contribution in [3.8, 4) is 11.1 Å². The lowest BCUT2D eigenvalue weighted by Gasteiger charge is -2.31. The largest absolute Gasteiger partial charge is 0.297 e. The number of pyridine rings is 3. The Bertz CT molecular complexity index is 1060. The van der Waals surface area contributed by atoms with Crippen LogP contribution in [-0.2, 0) is 6.54 Å². The number of nitrogens with zero attached hydrogens (tertiary/aromatic N) is 6. The molecule has 0 N–H and O–H groups in total. The fourth-order valence-corrected chi connectivity index (χ4v) is 3.91. The molecular formula is C22H22N6. The van der Waals surface area contributed by atoms with Crippen molar-refractivity contribution >= 4 is 5.65 Å². The summed E-state index contributed by atoms with van der Waals surface area (Å²) in [4.78, 5) is 15.9. The maximum atomic E-state index is 4.81. The molecule has 1 atom stereocenters. The lowest BCUT2D eigenvalue weighted by Crippen LogP contribution is -2.34. The predicted octanol–water partition coefficient (Wildman–Crippen LogP) is 3.57. The highest BCUT2D eigenvalue weighted by Crippen LogP contribution is 2.26. The first-order chi connectivity index (χ1) is 13.8. The number of aromatic nitrogens is 5. The average Bonchev–Trinajstić information content (AvgIpc) is 3.19. The molecule has 0 aromatic carbocycles. The summed E-state index contributed by atoms with van der Waals surface area (Å²) in [5.41, 5.74) is 4.19. The average molecular weight is 370 g/mol. The van der Waals surface area contributed by atoms with Crippen molar-refractivity contribution in [3.05, 3.63) is 78.8 Å². The number of piperidine rings is 1. The van der Waals surface area contributed by atoms with E-state index in [1.165, 1.54) is 0 Å². The molecule has 5 rings (SSSR count). The van der Waals surface area contributed by atoms with E-state index >= 15 is 0 Å². The van der Waals surface area contributed by atoms with Crippen LogP contribution in [0.25, 0.3) is 16.8 Å². The first-order valence-corrected chi connectivity index (χ1v) is 9.74. The van der Waals surface area contributed by atoms with Gasteiger partial charge in [-0.1, -0.05) is 12.1 Å². The van der Waals surface area contributed by atoms with E-state index in [1.807, 2.05) is 47.4 Å². The highest BCUT2D eigenvalue weighted by Gasteiger charge is 2.25. The Hall–Kier alpha value is -3.12. The highest BCUT2D eigenvalue weighted by atomic mass is 15.3. The van der Waals surface area contributed by atoms with Crippen molar-refractivity contribution < 1.29 is 0 Å². The second kappa shape index (κ2) is 7.48. The van der Waals surface area contributed by atoms with E-state index in [-0.39, 0.29) is 0 Å². The van der Waals surface area contributed by atoms with E-state index in [9.17, 15) is 0 Å². The summed E-state index contributed by atoms with van der Waals surface area (Å²) in [6.07, 6.45) is 9.85. The zero-order valence-corrected chi connectivity index (χ0v) is 15.6. The topological polar surface area (TPSA) is 59.2 Å². The van der Waals surface area contributed by atoms with Crippen LogP contribution in [-0.4, -0.2) is 42.6 Å². The molecule has 0 bridgehead atoms. The van der Waals surface area contributed by atoms with Gasteiger partial charge in [0.2, 0.25) is 0 Å². The van der Waals surface area contributed by atoms with Gasteiger partial charge in [0.25, 0.3) is 0 Å². The molecule has 0 unspecified atom stereocenters. The molecule has 0 spiro atoms. The molecule has 1 saturated heterocycles. The van der Waals surface area contributed by atoms with Gasteiger partial charge in [-0.05, 0) is 49.7 Å². The Morgan fingerprint density at radius 3 is 2.86 bits per heavy atom. The number of rotatable bonds is 4. The molecule has 4 aromatic rings. The van der Waals surface area contributed by atoms with E-state index in [2.05, 4.69) is 33.1 Å². The van der Waals surface area contributed by atoms with Crippen LogP contribution in [0.5, 0.6) is 0 Å². The maximum Gasteiger partial charge on any atom is 0.156 e. The molecule has 0 saturated carbocycles. The van der Waals surface area contributed by atoms with Gasteiger partial charge in [0.05, 0.1) is 5.69 Å². The third kappa shape index (κ3) is 3.51. The van der Waals surface area contributed by atoms with Gasteiger partial charge in [-0.3, -0.25) is 14.9 Å². The van der Waals surface area contributed by atoms with E-state index in [0.717, 1.165) is 60.8 Å². The van der Waals surface area contributed by atoms with E-state index in [1.54, 1.807) is 6.20 Å². The van der Waals surface area contributed by atoms with Crippen LogP contribution >= 0.6 is 0 Å². The standard InChI is InChI=1S/C22H22N6/c1-2-11-24-20(7-1)16-27-12-4-6-19(14-27)22-25-21-9-8-18(15-28(21)26-22)17-5-3-10-23-13-17/h1-3,5,7-11,13,15,19H,4,6,12,14,16H2/t19-/m1/s1. The lowest BCUT2D eigenvalue weighted by atomic mass is 9.97. The van der Waals surface area contributed by atoms with E-state index in [0.29, 0.717) is 5.92 Å². The summed E-state index contributed by atoms with van der Waals surface area (Å²) >= 11 is 0. The second-order valence-corrected chi connectivity index (χ2v) is 7.33. The van der Waals surface area contributed by atoms with Crippen molar-refractivity contribution in [3.63, 3.8) is 0 Å². The fourth-order valence-electron chi connectivity index (χ4n) is 3.91. The van der Waals surface area contributed by atoms with Gasteiger partial charge in [-0.25, -0.2) is 9.50 Å². The van der Waals surface area contributed by atoms with Crippen LogP contribution in [0, 0.1) is 0 Å². The Balaban J connectivity index is 1.36. The molecule has 1 aliphatic rings. The molecule has 140 valence electrons. The molecule has 0 aliphatic carbocycles. The van der Waals surface area contributed by atoms with E-state index < -0.39 is 0 Å². The van der Waals surface area contributed by atoms with Crippen LogP contribution in [0.1, 0.15) is 30.3 Å². The van der Waals surface area contributed by atoms with Crippen molar-refractivity contribution in [2.75, 3.05) is 13.1 Å². The first-order valence-electron chi connectivity index (χ1n) is 9.74. The van der Waals surface area contributed by atoms with Gasteiger partial charge < -0.3 is 0 Å². The number of hydrogen-bond donors (Lipinski definition) is 0. The molecule has 6 nitrogen and oxygen atoms in total. The van der Waals surface area contributed by atoms with Crippen LogP contribution in [0.15, 0.2) is 67.3 Å². The fraction of sp³-hybridized carbons (Fsp3) is 0.273. The molecule has 5 heterocycles. The zero-order chi connectivity index (χ0) is 18.8. The maximum absolute atomic E-state index is 4.81. The SMILES string of the molecule is c1ccc(CN2CCC[C@@H](c3nc4ccc(-c5cccnc5)cn4n3)C2)nc1. The molecule has 0 radical (unpaired) electrons. The minimum atomic E-state index is 0.360. The van der Waals surface area contributed by atoms with Crippen LogP contribution < -0.4 is 0 Å². The number of fused-ring (bicyclic) bond motifs is 1. The van der Waals surface area contributed by atoms with Gasteiger partial charge in [0.15, 0.2) is 11.5 Å². The molecule has 4 aromatic heterocycles. The molecule has 28 heavy (non-hydrogen) atoms. The monoisotopic (exact) mass is 370 g/mol. The van der Waals surface area contributed by atoms with Gasteiger partial charge >= 0.3 is 0 Å². The predicted molar refractivity (Wildman–Crippen MR) is 108 cm³/mol. The zero-order valence-electron chi connectivity index (χ0n) is 15.6. The van der Waals surface area contributed by atoms with E-state index in [4.69, 9.17) is 10.1 Å². The Kier molecular flexibility index (Phi) is 4.54. The lowest BCUT2D eigenvalue weighted by molar-refractivity contribution is 0.194. The van der Waals surface area contributed by atoms with Crippen molar-refractivity contribution in [2.45, 2.75) is 25.3 Å².